The van der Waals surface area contributed by atoms with Gasteiger partial charge in [-0.1, -0.05) is 18.2 Å². The fourth-order valence-electron chi connectivity index (χ4n) is 3.89. The van der Waals surface area contributed by atoms with E-state index in [1.54, 1.807) is 4.90 Å². The average molecular weight is 417 g/mol. The monoisotopic (exact) mass is 416 g/mol. The molecule has 1 atom stereocenters. The zero-order chi connectivity index (χ0) is 21.6. The standard InChI is InChI=1S/C22H36N6O2/c1-22(2,10-12-27-15-13-26(3)14-16-27)25-20(29)23-19-9-11-28(17-19)21(30)24-18-7-5-4-6-8-18/h4-8,19H,9-17H2,1-3H3,(H,24,30)(H2,23,25,29). The summed E-state index contributed by atoms with van der Waals surface area (Å²) in [6.45, 7) is 10.6. The number of rotatable bonds is 6. The fourth-order valence-corrected chi connectivity index (χ4v) is 3.89. The van der Waals surface area contributed by atoms with E-state index in [4.69, 9.17) is 0 Å². The topological polar surface area (TPSA) is 80.0 Å². The molecule has 166 valence electrons. The third-order valence-electron chi connectivity index (χ3n) is 5.94. The summed E-state index contributed by atoms with van der Waals surface area (Å²) in [6, 6.07) is 9.10. The van der Waals surface area contributed by atoms with E-state index in [2.05, 4.69) is 46.6 Å². The van der Waals surface area contributed by atoms with Crippen LogP contribution in [0.15, 0.2) is 30.3 Å². The van der Waals surface area contributed by atoms with E-state index in [0.717, 1.165) is 51.3 Å². The Morgan fingerprint density at radius 3 is 2.47 bits per heavy atom. The SMILES string of the molecule is CN1CCN(CCC(C)(C)NC(=O)NC2CCN(C(=O)Nc3ccccc3)C2)CC1. The van der Waals surface area contributed by atoms with Gasteiger partial charge in [-0.05, 0) is 45.9 Å². The minimum atomic E-state index is -0.281. The van der Waals surface area contributed by atoms with E-state index in [0.29, 0.717) is 13.1 Å². The summed E-state index contributed by atoms with van der Waals surface area (Å²) in [7, 11) is 2.16. The Bertz CT molecular complexity index is 703. The lowest BCUT2D eigenvalue weighted by Gasteiger charge is -2.35. The van der Waals surface area contributed by atoms with Crippen LogP contribution in [0.5, 0.6) is 0 Å². The molecule has 2 aliphatic heterocycles. The van der Waals surface area contributed by atoms with Crippen LogP contribution in [0.3, 0.4) is 0 Å². The summed E-state index contributed by atoms with van der Waals surface area (Å²) in [5.74, 6) is 0. The van der Waals surface area contributed by atoms with Gasteiger partial charge in [0.1, 0.15) is 0 Å². The molecule has 1 unspecified atom stereocenters. The molecule has 1 aromatic rings. The second kappa shape index (κ2) is 10.1. The minimum absolute atomic E-state index is 0.0278. The number of piperazine rings is 1. The van der Waals surface area contributed by atoms with Crippen LogP contribution in [0, 0.1) is 0 Å². The minimum Gasteiger partial charge on any atom is -0.334 e. The number of amides is 4. The van der Waals surface area contributed by atoms with E-state index in [9.17, 15) is 9.59 Å². The van der Waals surface area contributed by atoms with E-state index in [1.165, 1.54) is 0 Å². The van der Waals surface area contributed by atoms with E-state index in [1.807, 2.05) is 30.3 Å². The number of nitrogens with one attached hydrogen (secondary N) is 3. The number of hydrogen-bond donors (Lipinski definition) is 3. The molecule has 0 spiro atoms. The van der Waals surface area contributed by atoms with Gasteiger partial charge >= 0.3 is 12.1 Å². The van der Waals surface area contributed by atoms with Crippen LogP contribution in [0.1, 0.15) is 26.7 Å². The maximum Gasteiger partial charge on any atom is 0.321 e. The summed E-state index contributed by atoms with van der Waals surface area (Å²) in [6.07, 6.45) is 1.66. The first-order chi connectivity index (χ1) is 14.3. The lowest BCUT2D eigenvalue weighted by molar-refractivity contribution is 0.142. The Balaban J connectivity index is 1.37. The molecule has 0 bridgehead atoms. The zero-order valence-corrected chi connectivity index (χ0v) is 18.5. The number of urea groups is 2. The highest BCUT2D eigenvalue weighted by Gasteiger charge is 2.29. The maximum absolute atomic E-state index is 12.5. The van der Waals surface area contributed by atoms with Gasteiger partial charge < -0.3 is 30.7 Å². The molecule has 4 amide bonds. The fraction of sp³-hybridized carbons (Fsp3) is 0.636. The first-order valence-electron chi connectivity index (χ1n) is 10.9. The Kier molecular flexibility index (Phi) is 7.55. The molecule has 0 saturated carbocycles. The lowest BCUT2D eigenvalue weighted by Crippen LogP contribution is -2.53. The molecule has 0 aliphatic carbocycles. The van der Waals surface area contributed by atoms with Crippen LogP contribution in [0.2, 0.25) is 0 Å². The number of para-hydroxylation sites is 1. The smallest absolute Gasteiger partial charge is 0.321 e. The van der Waals surface area contributed by atoms with Gasteiger partial charge in [-0.15, -0.1) is 0 Å². The molecule has 8 nitrogen and oxygen atoms in total. The van der Waals surface area contributed by atoms with Crippen LogP contribution < -0.4 is 16.0 Å². The van der Waals surface area contributed by atoms with Crippen molar-refractivity contribution >= 4 is 17.7 Å². The molecule has 0 aromatic heterocycles. The van der Waals surface area contributed by atoms with Crippen molar-refractivity contribution in [3.05, 3.63) is 30.3 Å². The van der Waals surface area contributed by atoms with Crippen molar-refractivity contribution in [1.29, 1.82) is 0 Å². The molecule has 30 heavy (non-hydrogen) atoms. The third-order valence-corrected chi connectivity index (χ3v) is 5.94. The molecule has 2 heterocycles. The van der Waals surface area contributed by atoms with Crippen molar-refractivity contribution in [2.24, 2.45) is 0 Å². The number of anilines is 1. The summed E-state index contributed by atoms with van der Waals surface area (Å²) in [5.41, 5.74) is 0.495. The first kappa shape index (κ1) is 22.4. The number of likely N-dealkylation sites (tertiary alicyclic amines) is 1. The third kappa shape index (κ3) is 6.88. The quantitative estimate of drug-likeness (QED) is 0.663. The number of carbonyl (C=O) groups excluding carboxylic acids is 2. The number of hydrogen-bond acceptors (Lipinski definition) is 4. The van der Waals surface area contributed by atoms with Crippen molar-refractivity contribution < 1.29 is 9.59 Å². The van der Waals surface area contributed by atoms with E-state index in [-0.39, 0.29) is 23.6 Å². The van der Waals surface area contributed by atoms with E-state index < -0.39 is 0 Å². The molecule has 8 heteroatoms. The average Bonchev–Trinajstić information content (AvgIpc) is 3.16. The molecule has 2 fully saturated rings. The second-order valence-electron chi connectivity index (χ2n) is 9.11. The first-order valence-corrected chi connectivity index (χ1v) is 10.9. The van der Waals surface area contributed by atoms with Gasteiger partial charge in [0, 0.05) is 63.1 Å². The molecule has 1 aromatic carbocycles. The van der Waals surface area contributed by atoms with Crippen LogP contribution in [0.25, 0.3) is 0 Å². The molecular formula is C22H36N6O2. The number of carbonyl (C=O) groups is 2. The van der Waals surface area contributed by atoms with Crippen molar-refractivity contribution in [3.8, 4) is 0 Å². The molecule has 2 saturated heterocycles. The normalized spacial score (nSPS) is 20.8. The Labute approximate surface area is 180 Å². The Hall–Kier alpha value is -2.32. The van der Waals surface area contributed by atoms with Crippen LogP contribution in [-0.4, -0.2) is 91.2 Å². The lowest BCUT2D eigenvalue weighted by atomic mass is 10.0. The molecule has 2 aliphatic rings. The van der Waals surface area contributed by atoms with Crippen molar-refractivity contribution in [1.82, 2.24) is 25.3 Å². The Morgan fingerprint density at radius 1 is 1.07 bits per heavy atom. The summed E-state index contributed by atoms with van der Waals surface area (Å²) < 4.78 is 0. The zero-order valence-electron chi connectivity index (χ0n) is 18.5. The van der Waals surface area contributed by atoms with E-state index >= 15 is 0 Å². The van der Waals surface area contributed by atoms with Crippen LogP contribution in [0.4, 0.5) is 15.3 Å². The van der Waals surface area contributed by atoms with Gasteiger partial charge in [-0.2, -0.15) is 0 Å². The highest BCUT2D eigenvalue weighted by atomic mass is 16.2. The Morgan fingerprint density at radius 2 is 1.77 bits per heavy atom. The molecule has 3 N–H and O–H groups in total. The van der Waals surface area contributed by atoms with Gasteiger partial charge in [0.25, 0.3) is 0 Å². The van der Waals surface area contributed by atoms with Crippen LogP contribution >= 0.6 is 0 Å². The van der Waals surface area contributed by atoms with Gasteiger partial charge in [-0.3, -0.25) is 0 Å². The summed E-state index contributed by atoms with van der Waals surface area (Å²) >= 11 is 0. The van der Waals surface area contributed by atoms with Gasteiger partial charge in [0.2, 0.25) is 0 Å². The number of likely N-dealkylation sites (N-methyl/N-ethyl adjacent to an activating group) is 1. The molecule has 3 rings (SSSR count). The van der Waals surface area contributed by atoms with Crippen LogP contribution in [-0.2, 0) is 0 Å². The van der Waals surface area contributed by atoms with Crippen molar-refractivity contribution in [2.75, 3.05) is 58.2 Å². The van der Waals surface area contributed by atoms with Crippen molar-refractivity contribution in [2.45, 2.75) is 38.3 Å². The predicted octanol–water partition coefficient (Wildman–Crippen LogP) is 2.01. The highest BCUT2D eigenvalue weighted by Crippen LogP contribution is 2.14. The predicted molar refractivity (Wildman–Crippen MR) is 120 cm³/mol. The van der Waals surface area contributed by atoms with Gasteiger partial charge in [0.15, 0.2) is 0 Å². The summed E-state index contributed by atoms with van der Waals surface area (Å²) in [4.78, 5) is 31.5. The second-order valence-corrected chi connectivity index (χ2v) is 9.11. The number of benzene rings is 1. The number of nitrogens with zero attached hydrogens (tertiary/aromatic N) is 3. The largest absolute Gasteiger partial charge is 0.334 e. The van der Waals surface area contributed by atoms with Gasteiger partial charge in [0.05, 0.1) is 0 Å². The highest BCUT2D eigenvalue weighted by molar-refractivity contribution is 5.89. The maximum atomic E-state index is 12.5. The molecule has 0 radical (unpaired) electrons. The van der Waals surface area contributed by atoms with Crippen molar-refractivity contribution in [3.63, 3.8) is 0 Å². The van der Waals surface area contributed by atoms with Gasteiger partial charge in [-0.25, -0.2) is 9.59 Å². The molecular weight excluding hydrogens is 380 g/mol. The summed E-state index contributed by atoms with van der Waals surface area (Å²) in [5, 5.41) is 9.04.